The maximum absolute atomic E-state index is 6.01. The van der Waals surface area contributed by atoms with E-state index in [1.807, 2.05) is 23.9 Å². The smallest absolute Gasteiger partial charge is 0.119 e. The number of nitrogens with one attached hydrogen (secondary N) is 1. The summed E-state index contributed by atoms with van der Waals surface area (Å²) < 4.78 is 13.8. The van der Waals surface area contributed by atoms with Gasteiger partial charge in [0.05, 0.1) is 24.6 Å². The van der Waals surface area contributed by atoms with Crippen molar-refractivity contribution in [3.05, 3.63) is 64.7 Å². The molecule has 3 heterocycles. The van der Waals surface area contributed by atoms with Crippen LogP contribution in [0.3, 0.4) is 0 Å². The summed E-state index contributed by atoms with van der Waals surface area (Å²) >= 11 is 0. The highest BCUT2D eigenvalue weighted by molar-refractivity contribution is 5.29. The highest BCUT2D eigenvalue weighted by Gasteiger charge is 2.25. The van der Waals surface area contributed by atoms with E-state index >= 15 is 0 Å². The third-order valence-electron chi connectivity index (χ3n) is 5.83. The Morgan fingerprint density at radius 2 is 2.06 bits per heavy atom. The predicted octanol–water partition coefficient (Wildman–Crippen LogP) is 3.77. The summed E-state index contributed by atoms with van der Waals surface area (Å²) in [6, 6.07) is 10.5. The number of aromatic amines is 1. The van der Waals surface area contributed by atoms with Crippen molar-refractivity contribution in [2.45, 2.75) is 45.8 Å². The van der Waals surface area contributed by atoms with E-state index in [-0.39, 0.29) is 6.10 Å². The third kappa shape index (κ3) is 5.54. The second-order valence-electron chi connectivity index (χ2n) is 8.65. The molecule has 31 heavy (non-hydrogen) atoms. The average molecular weight is 424 g/mol. The van der Waals surface area contributed by atoms with Crippen molar-refractivity contribution in [1.82, 2.24) is 24.9 Å². The van der Waals surface area contributed by atoms with Gasteiger partial charge in [-0.05, 0) is 36.6 Å². The lowest BCUT2D eigenvalue weighted by Crippen LogP contribution is -2.38. The average Bonchev–Trinajstić information content (AvgIpc) is 3.35. The van der Waals surface area contributed by atoms with Crippen LogP contribution >= 0.6 is 0 Å². The van der Waals surface area contributed by atoms with Crippen molar-refractivity contribution in [2.75, 3.05) is 26.3 Å². The molecule has 1 saturated heterocycles. The Morgan fingerprint density at radius 3 is 2.77 bits per heavy atom. The molecule has 0 spiro atoms. The van der Waals surface area contributed by atoms with Crippen molar-refractivity contribution < 1.29 is 9.47 Å². The van der Waals surface area contributed by atoms with Crippen LogP contribution in [-0.2, 0) is 24.8 Å². The molecule has 7 nitrogen and oxygen atoms in total. The Kier molecular flexibility index (Phi) is 6.73. The molecule has 1 fully saturated rings. The molecule has 0 aliphatic carbocycles. The van der Waals surface area contributed by atoms with E-state index in [9.17, 15) is 0 Å². The van der Waals surface area contributed by atoms with Crippen molar-refractivity contribution in [2.24, 2.45) is 7.05 Å². The van der Waals surface area contributed by atoms with Gasteiger partial charge in [-0.1, -0.05) is 26.0 Å². The molecule has 1 atom stereocenters. The lowest BCUT2D eigenvalue weighted by molar-refractivity contribution is -0.0350. The van der Waals surface area contributed by atoms with Crippen LogP contribution in [0.25, 0.3) is 0 Å². The monoisotopic (exact) mass is 423 g/mol. The topological polar surface area (TPSA) is 68.2 Å². The number of hydrogen-bond donors (Lipinski definition) is 1. The van der Waals surface area contributed by atoms with Gasteiger partial charge in [0.15, 0.2) is 0 Å². The molecule has 0 unspecified atom stereocenters. The molecule has 2 aromatic heterocycles. The van der Waals surface area contributed by atoms with Crippen LogP contribution in [0.4, 0.5) is 0 Å². The van der Waals surface area contributed by atoms with E-state index in [1.54, 1.807) is 0 Å². The van der Waals surface area contributed by atoms with Crippen molar-refractivity contribution in [3.8, 4) is 5.75 Å². The van der Waals surface area contributed by atoms with Crippen LogP contribution in [-0.4, -0.2) is 51.2 Å². The fourth-order valence-corrected chi connectivity index (χ4v) is 3.97. The van der Waals surface area contributed by atoms with Crippen LogP contribution in [0.2, 0.25) is 0 Å². The molecule has 1 aliphatic rings. The molecule has 7 heteroatoms. The molecule has 0 radical (unpaired) electrons. The number of aromatic nitrogens is 4. The fourth-order valence-electron chi connectivity index (χ4n) is 3.97. The Balaban J connectivity index is 1.28. The molecule has 1 aromatic carbocycles. The van der Waals surface area contributed by atoms with Crippen molar-refractivity contribution in [1.29, 1.82) is 0 Å². The normalized spacial score (nSPS) is 17.4. The van der Waals surface area contributed by atoms with Gasteiger partial charge in [-0.2, -0.15) is 10.2 Å². The first-order valence-electron chi connectivity index (χ1n) is 11.1. The van der Waals surface area contributed by atoms with Crippen LogP contribution in [0.15, 0.2) is 36.5 Å². The maximum atomic E-state index is 6.01. The summed E-state index contributed by atoms with van der Waals surface area (Å²) in [6.07, 6.45) is 2.87. The summed E-state index contributed by atoms with van der Waals surface area (Å²) in [7, 11) is 1.97. The highest BCUT2D eigenvalue weighted by atomic mass is 16.5. The van der Waals surface area contributed by atoms with Gasteiger partial charge in [0, 0.05) is 50.6 Å². The number of morpholine rings is 1. The SMILES string of the molecule is Cc1nn(C)cc1CN1CCO[C@@H](c2cc(CCOc3ccc(C(C)C)cc3)[nH]n2)C1. The zero-order chi connectivity index (χ0) is 21.8. The Labute approximate surface area is 184 Å². The molecule has 1 N–H and O–H groups in total. The number of ether oxygens (including phenoxy) is 2. The second-order valence-corrected chi connectivity index (χ2v) is 8.65. The van der Waals surface area contributed by atoms with Crippen molar-refractivity contribution in [3.63, 3.8) is 0 Å². The zero-order valence-electron chi connectivity index (χ0n) is 19.0. The number of hydrogen-bond acceptors (Lipinski definition) is 5. The minimum Gasteiger partial charge on any atom is -0.493 e. The summed E-state index contributed by atoms with van der Waals surface area (Å²) in [5, 5.41) is 12.1. The number of benzene rings is 1. The van der Waals surface area contributed by atoms with Crippen LogP contribution in [0.5, 0.6) is 5.75 Å². The van der Waals surface area contributed by atoms with Crippen LogP contribution in [0, 0.1) is 6.92 Å². The minimum atomic E-state index is -0.0137. The van der Waals surface area contributed by atoms with Crippen LogP contribution in [0.1, 0.15) is 54.1 Å². The Bertz CT molecular complexity index is 976. The van der Waals surface area contributed by atoms with E-state index in [0.29, 0.717) is 19.1 Å². The van der Waals surface area contributed by atoms with Gasteiger partial charge in [0.2, 0.25) is 0 Å². The van der Waals surface area contributed by atoms with E-state index in [1.165, 1.54) is 11.1 Å². The third-order valence-corrected chi connectivity index (χ3v) is 5.83. The van der Waals surface area contributed by atoms with Crippen LogP contribution < -0.4 is 4.74 Å². The maximum Gasteiger partial charge on any atom is 0.119 e. The van der Waals surface area contributed by atoms with Gasteiger partial charge in [-0.15, -0.1) is 0 Å². The molecule has 0 bridgehead atoms. The first-order valence-corrected chi connectivity index (χ1v) is 11.1. The largest absolute Gasteiger partial charge is 0.493 e. The van der Waals surface area contributed by atoms with E-state index in [0.717, 1.165) is 48.9 Å². The Morgan fingerprint density at radius 1 is 1.26 bits per heavy atom. The van der Waals surface area contributed by atoms with Gasteiger partial charge in [-0.25, -0.2) is 0 Å². The van der Waals surface area contributed by atoms with E-state index < -0.39 is 0 Å². The summed E-state index contributed by atoms with van der Waals surface area (Å²) in [6.45, 7) is 10.4. The molecular weight excluding hydrogens is 390 g/mol. The minimum absolute atomic E-state index is 0.0137. The molecule has 166 valence electrons. The summed E-state index contributed by atoms with van der Waals surface area (Å²) in [5.74, 6) is 1.44. The quantitative estimate of drug-likeness (QED) is 0.597. The number of rotatable bonds is 8. The lowest BCUT2D eigenvalue weighted by atomic mass is 10.0. The predicted molar refractivity (Wildman–Crippen MR) is 120 cm³/mol. The Hall–Kier alpha value is -2.64. The summed E-state index contributed by atoms with van der Waals surface area (Å²) in [4.78, 5) is 2.41. The van der Waals surface area contributed by atoms with Gasteiger partial charge in [0.25, 0.3) is 0 Å². The second kappa shape index (κ2) is 9.66. The summed E-state index contributed by atoms with van der Waals surface area (Å²) in [5.41, 5.74) is 5.71. The van der Waals surface area contributed by atoms with E-state index in [4.69, 9.17) is 9.47 Å². The fraction of sp³-hybridized carbons (Fsp3) is 0.500. The first kappa shape index (κ1) is 21.6. The molecule has 1 aliphatic heterocycles. The van der Waals surface area contributed by atoms with Gasteiger partial charge >= 0.3 is 0 Å². The standard InChI is InChI=1S/C24H33N5O2/c1-17(2)19-5-7-22(8-6-19)30-11-9-21-13-23(26-25-21)24-16-29(10-12-31-24)15-20-14-28(4)27-18(20)3/h5-8,13-14,17,24H,9-12,15-16H2,1-4H3,(H,25,26)/t24-/m1/s1. The van der Waals surface area contributed by atoms with Crippen molar-refractivity contribution >= 4 is 0 Å². The molecular formula is C24H33N5O2. The first-order chi connectivity index (χ1) is 15.0. The molecule has 4 rings (SSSR count). The zero-order valence-corrected chi connectivity index (χ0v) is 19.0. The van der Waals surface area contributed by atoms with Gasteiger partial charge in [-0.3, -0.25) is 14.7 Å². The number of H-pyrrole nitrogens is 1. The number of aryl methyl sites for hydroxylation is 2. The van der Waals surface area contributed by atoms with Gasteiger partial charge < -0.3 is 9.47 Å². The number of nitrogens with zero attached hydrogens (tertiary/aromatic N) is 4. The lowest BCUT2D eigenvalue weighted by Gasteiger charge is -2.31. The molecule has 0 saturated carbocycles. The highest BCUT2D eigenvalue weighted by Crippen LogP contribution is 2.23. The molecule has 0 amide bonds. The van der Waals surface area contributed by atoms with E-state index in [2.05, 4.69) is 65.4 Å². The molecule has 3 aromatic rings. The van der Waals surface area contributed by atoms with Gasteiger partial charge in [0.1, 0.15) is 11.9 Å².